The summed E-state index contributed by atoms with van der Waals surface area (Å²) in [6.07, 6.45) is 0. The first-order chi connectivity index (χ1) is 8.15. The molecule has 2 aromatic carbocycles. The summed E-state index contributed by atoms with van der Waals surface area (Å²) in [5.74, 6) is -0.346. The lowest BCUT2D eigenvalue weighted by atomic mass is 10.2. The molecule has 86 valence electrons. The van der Waals surface area contributed by atoms with Crippen molar-refractivity contribution in [3.63, 3.8) is 0 Å². The van der Waals surface area contributed by atoms with Crippen LogP contribution in [0.15, 0.2) is 52.7 Å². The second-order valence-electron chi connectivity index (χ2n) is 3.99. The van der Waals surface area contributed by atoms with Crippen LogP contribution in [0.1, 0.15) is 11.1 Å². The van der Waals surface area contributed by atoms with Gasteiger partial charge in [-0.3, -0.25) is 0 Å². The van der Waals surface area contributed by atoms with Crippen LogP contribution in [0.3, 0.4) is 0 Å². The number of rotatable bonds is 2. The number of aryl methyl sites for hydroxylation is 2. The van der Waals surface area contributed by atoms with Crippen LogP contribution in [0.4, 0.5) is 15.8 Å². The fraction of sp³-hybridized carbons (Fsp3) is 0.143. The van der Waals surface area contributed by atoms with Crippen molar-refractivity contribution < 1.29 is 4.39 Å². The Morgan fingerprint density at radius 1 is 0.824 bits per heavy atom. The average molecular weight is 228 g/mol. The molecule has 0 radical (unpaired) electrons. The molecule has 2 nitrogen and oxygen atoms in total. The van der Waals surface area contributed by atoms with Crippen LogP contribution in [-0.2, 0) is 0 Å². The Labute approximate surface area is 99.8 Å². The summed E-state index contributed by atoms with van der Waals surface area (Å²) in [5.41, 5.74) is 3.01. The Kier molecular flexibility index (Phi) is 3.28. The topological polar surface area (TPSA) is 24.7 Å². The molecule has 0 aliphatic rings. The summed E-state index contributed by atoms with van der Waals surface area (Å²) < 4.78 is 13.5. The van der Waals surface area contributed by atoms with Crippen molar-refractivity contribution in [1.82, 2.24) is 0 Å². The number of hydrogen-bond acceptors (Lipinski definition) is 2. The molecule has 0 fully saturated rings. The van der Waals surface area contributed by atoms with Gasteiger partial charge in [-0.2, -0.15) is 5.11 Å². The number of halogens is 1. The summed E-state index contributed by atoms with van der Waals surface area (Å²) in [6, 6.07) is 12.5. The standard InChI is InChI=1S/C14H13FN2/c1-10-3-6-12(7-4-10)16-17-14-8-5-11(2)9-13(14)15/h3-9H,1-2H3. The second kappa shape index (κ2) is 4.87. The number of hydrogen-bond donors (Lipinski definition) is 0. The maximum absolute atomic E-state index is 13.5. The summed E-state index contributed by atoms with van der Waals surface area (Å²) in [5, 5.41) is 7.89. The highest BCUT2D eigenvalue weighted by Gasteiger charge is 2.00. The van der Waals surface area contributed by atoms with Gasteiger partial charge in [-0.05, 0) is 43.7 Å². The van der Waals surface area contributed by atoms with E-state index in [0.717, 1.165) is 16.8 Å². The van der Waals surface area contributed by atoms with Gasteiger partial charge in [-0.1, -0.05) is 23.8 Å². The number of azo groups is 1. The van der Waals surface area contributed by atoms with E-state index in [1.807, 2.05) is 44.2 Å². The van der Waals surface area contributed by atoms with E-state index in [4.69, 9.17) is 0 Å². The quantitative estimate of drug-likeness (QED) is 0.656. The van der Waals surface area contributed by atoms with E-state index < -0.39 is 0 Å². The van der Waals surface area contributed by atoms with E-state index in [2.05, 4.69) is 10.2 Å². The van der Waals surface area contributed by atoms with Crippen molar-refractivity contribution in [3.8, 4) is 0 Å². The van der Waals surface area contributed by atoms with Gasteiger partial charge in [0.2, 0.25) is 0 Å². The molecule has 0 bridgehead atoms. The third-order valence-corrected chi connectivity index (χ3v) is 2.41. The van der Waals surface area contributed by atoms with E-state index in [9.17, 15) is 4.39 Å². The summed E-state index contributed by atoms with van der Waals surface area (Å²) in [7, 11) is 0. The molecular weight excluding hydrogens is 215 g/mol. The molecule has 0 aromatic heterocycles. The summed E-state index contributed by atoms with van der Waals surface area (Å²) in [4.78, 5) is 0. The monoisotopic (exact) mass is 228 g/mol. The predicted octanol–water partition coefficient (Wildman–Crippen LogP) is 4.86. The Hall–Kier alpha value is -2.03. The van der Waals surface area contributed by atoms with Gasteiger partial charge in [0.05, 0.1) is 5.69 Å². The molecule has 0 saturated heterocycles. The van der Waals surface area contributed by atoms with Gasteiger partial charge in [0.25, 0.3) is 0 Å². The second-order valence-corrected chi connectivity index (χ2v) is 3.99. The molecule has 2 rings (SSSR count). The van der Waals surface area contributed by atoms with Crippen LogP contribution in [0.2, 0.25) is 0 Å². The first kappa shape index (κ1) is 11.5. The molecule has 0 heterocycles. The van der Waals surface area contributed by atoms with Gasteiger partial charge in [-0.25, -0.2) is 4.39 Å². The normalized spacial score (nSPS) is 11.0. The molecule has 0 spiro atoms. The Morgan fingerprint density at radius 3 is 2.12 bits per heavy atom. The summed E-state index contributed by atoms with van der Waals surface area (Å²) >= 11 is 0. The Balaban J connectivity index is 2.23. The molecule has 0 atom stereocenters. The molecule has 3 heteroatoms. The zero-order chi connectivity index (χ0) is 12.3. The largest absolute Gasteiger partial charge is 0.205 e. The minimum atomic E-state index is -0.346. The van der Waals surface area contributed by atoms with Crippen LogP contribution in [0.5, 0.6) is 0 Å². The Morgan fingerprint density at radius 2 is 1.47 bits per heavy atom. The van der Waals surface area contributed by atoms with Gasteiger partial charge >= 0.3 is 0 Å². The zero-order valence-corrected chi connectivity index (χ0v) is 9.81. The SMILES string of the molecule is Cc1ccc(N=Nc2ccc(C)cc2F)cc1. The molecule has 0 saturated carbocycles. The van der Waals surface area contributed by atoms with Crippen molar-refractivity contribution in [2.45, 2.75) is 13.8 Å². The van der Waals surface area contributed by atoms with Crippen molar-refractivity contribution in [2.75, 3.05) is 0 Å². The zero-order valence-electron chi connectivity index (χ0n) is 9.81. The van der Waals surface area contributed by atoms with Gasteiger partial charge in [0, 0.05) is 0 Å². The molecule has 17 heavy (non-hydrogen) atoms. The molecule has 0 aliphatic heterocycles. The highest BCUT2D eigenvalue weighted by atomic mass is 19.1. The molecule has 0 amide bonds. The summed E-state index contributed by atoms with van der Waals surface area (Å²) in [6.45, 7) is 3.84. The van der Waals surface area contributed by atoms with Crippen LogP contribution in [-0.4, -0.2) is 0 Å². The lowest BCUT2D eigenvalue weighted by molar-refractivity contribution is 0.627. The first-order valence-electron chi connectivity index (χ1n) is 5.40. The third-order valence-electron chi connectivity index (χ3n) is 2.41. The van der Waals surface area contributed by atoms with Crippen LogP contribution in [0, 0.1) is 19.7 Å². The van der Waals surface area contributed by atoms with E-state index >= 15 is 0 Å². The molecular formula is C14H13FN2. The smallest absolute Gasteiger partial charge is 0.150 e. The van der Waals surface area contributed by atoms with Gasteiger partial charge in [0.15, 0.2) is 5.82 Å². The van der Waals surface area contributed by atoms with Gasteiger partial charge in [-0.15, -0.1) is 5.11 Å². The van der Waals surface area contributed by atoms with E-state index in [1.54, 1.807) is 6.07 Å². The van der Waals surface area contributed by atoms with E-state index in [-0.39, 0.29) is 11.5 Å². The first-order valence-corrected chi connectivity index (χ1v) is 5.40. The fourth-order valence-electron chi connectivity index (χ4n) is 1.42. The molecule has 0 aliphatic carbocycles. The van der Waals surface area contributed by atoms with Gasteiger partial charge < -0.3 is 0 Å². The van der Waals surface area contributed by atoms with Crippen molar-refractivity contribution in [3.05, 3.63) is 59.4 Å². The number of benzene rings is 2. The van der Waals surface area contributed by atoms with E-state index in [1.165, 1.54) is 6.07 Å². The Bertz CT molecular complexity index is 545. The van der Waals surface area contributed by atoms with Crippen molar-refractivity contribution in [2.24, 2.45) is 10.2 Å². The van der Waals surface area contributed by atoms with Crippen LogP contribution >= 0.6 is 0 Å². The third kappa shape index (κ3) is 2.97. The lowest BCUT2D eigenvalue weighted by Gasteiger charge is -1.97. The maximum atomic E-state index is 13.5. The van der Waals surface area contributed by atoms with Gasteiger partial charge in [0.1, 0.15) is 5.69 Å². The van der Waals surface area contributed by atoms with Crippen molar-refractivity contribution in [1.29, 1.82) is 0 Å². The fourth-order valence-corrected chi connectivity index (χ4v) is 1.42. The van der Waals surface area contributed by atoms with E-state index in [0.29, 0.717) is 0 Å². The maximum Gasteiger partial charge on any atom is 0.150 e. The van der Waals surface area contributed by atoms with Crippen LogP contribution < -0.4 is 0 Å². The highest BCUT2D eigenvalue weighted by molar-refractivity contribution is 5.42. The number of nitrogens with zero attached hydrogens (tertiary/aromatic N) is 2. The molecule has 0 unspecified atom stereocenters. The average Bonchev–Trinajstić information content (AvgIpc) is 2.30. The lowest BCUT2D eigenvalue weighted by Crippen LogP contribution is -1.77. The van der Waals surface area contributed by atoms with Crippen LogP contribution in [0.25, 0.3) is 0 Å². The molecule has 2 aromatic rings. The van der Waals surface area contributed by atoms with Crippen molar-refractivity contribution >= 4 is 11.4 Å². The minimum Gasteiger partial charge on any atom is -0.205 e. The minimum absolute atomic E-state index is 0.260. The predicted molar refractivity (Wildman–Crippen MR) is 66.5 cm³/mol. The highest BCUT2D eigenvalue weighted by Crippen LogP contribution is 2.22. The molecule has 0 N–H and O–H groups in total.